The zero-order valence-corrected chi connectivity index (χ0v) is 20.0. The van der Waals surface area contributed by atoms with E-state index in [1.807, 2.05) is 32.0 Å². The Hall–Kier alpha value is -4.18. The number of thioether (sulfide) groups is 1. The second-order valence-corrected chi connectivity index (χ2v) is 9.06. The van der Waals surface area contributed by atoms with Gasteiger partial charge in [-0.15, -0.1) is 0 Å². The Bertz CT molecular complexity index is 1390. The summed E-state index contributed by atoms with van der Waals surface area (Å²) in [5.41, 5.74) is 3.33. The van der Waals surface area contributed by atoms with Crippen molar-refractivity contribution in [3.05, 3.63) is 86.0 Å². The number of carbonyl (C=O) groups excluding carboxylic acids is 3. The summed E-state index contributed by atoms with van der Waals surface area (Å²) < 4.78 is 5.71. The average Bonchev–Trinajstić information content (AvgIpc) is 3.36. The zero-order valence-electron chi connectivity index (χ0n) is 19.2. The lowest BCUT2D eigenvalue weighted by Gasteiger charge is -2.15. The summed E-state index contributed by atoms with van der Waals surface area (Å²) in [4.78, 5) is 49.7. The SMILES string of the molecule is Cc1ccc(-c2ccc(/C=C3/SC(=O)N(CC(=O)Nc4c(C)cccc4C)C3=O)o2)c([N+](=O)[O-])c1. The van der Waals surface area contributed by atoms with Gasteiger partial charge >= 0.3 is 0 Å². The van der Waals surface area contributed by atoms with Crippen molar-refractivity contribution in [1.82, 2.24) is 4.90 Å². The fraction of sp³-hybridized carbons (Fsp3) is 0.160. The molecule has 3 amide bonds. The largest absolute Gasteiger partial charge is 0.456 e. The molecule has 0 spiro atoms. The van der Waals surface area contributed by atoms with E-state index in [2.05, 4.69) is 5.32 Å². The van der Waals surface area contributed by atoms with Gasteiger partial charge in [-0.1, -0.05) is 24.3 Å². The van der Waals surface area contributed by atoms with E-state index in [4.69, 9.17) is 4.42 Å². The van der Waals surface area contributed by atoms with E-state index in [1.165, 1.54) is 12.1 Å². The number of hydrogen-bond acceptors (Lipinski definition) is 7. The van der Waals surface area contributed by atoms with Gasteiger partial charge in [0.25, 0.3) is 16.8 Å². The van der Waals surface area contributed by atoms with Crippen molar-refractivity contribution in [2.75, 3.05) is 11.9 Å². The third-order valence-corrected chi connectivity index (χ3v) is 6.34. The molecule has 2 heterocycles. The van der Waals surface area contributed by atoms with Crippen LogP contribution in [0.1, 0.15) is 22.5 Å². The number of furan rings is 1. The van der Waals surface area contributed by atoms with E-state index >= 15 is 0 Å². The summed E-state index contributed by atoms with van der Waals surface area (Å²) in [6.45, 7) is 5.04. The molecule has 1 fully saturated rings. The van der Waals surface area contributed by atoms with Gasteiger partial charge in [0.1, 0.15) is 18.1 Å². The molecular formula is C25H21N3O6S. The molecule has 35 heavy (non-hydrogen) atoms. The molecular weight excluding hydrogens is 470 g/mol. The summed E-state index contributed by atoms with van der Waals surface area (Å²) in [5, 5.41) is 13.6. The van der Waals surface area contributed by atoms with E-state index < -0.39 is 28.5 Å². The number of nitro groups is 1. The number of nitrogens with one attached hydrogen (secondary N) is 1. The first-order valence-electron chi connectivity index (χ1n) is 10.6. The molecule has 0 aliphatic carbocycles. The molecule has 178 valence electrons. The Morgan fingerprint density at radius 3 is 2.51 bits per heavy atom. The van der Waals surface area contributed by atoms with Gasteiger partial charge < -0.3 is 9.73 Å². The monoisotopic (exact) mass is 491 g/mol. The lowest BCUT2D eigenvalue weighted by molar-refractivity contribution is -0.384. The summed E-state index contributed by atoms with van der Waals surface area (Å²) in [7, 11) is 0. The molecule has 0 saturated carbocycles. The van der Waals surface area contributed by atoms with Gasteiger partial charge in [-0.25, -0.2) is 0 Å². The number of rotatable bonds is 6. The van der Waals surface area contributed by atoms with Crippen LogP contribution in [0.4, 0.5) is 16.2 Å². The third kappa shape index (κ3) is 5.02. The molecule has 0 unspecified atom stereocenters. The quantitative estimate of drug-likeness (QED) is 0.276. The normalized spacial score (nSPS) is 14.6. The molecule has 1 aliphatic rings. The Morgan fingerprint density at radius 2 is 1.83 bits per heavy atom. The molecule has 10 heteroatoms. The maximum absolute atomic E-state index is 12.8. The molecule has 1 N–H and O–H groups in total. The van der Waals surface area contributed by atoms with Crippen LogP contribution < -0.4 is 5.32 Å². The predicted molar refractivity (Wildman–Crippen MR) is 133 cm³/mol. The molecule has 1 aromatic heterocycles. The topological polar surface area (TPSA) is 123 Å². The van der Waals surface area contributed by atoms with Crippen LogP contribution in [0.3, 0.4) is 0 Å². The molecule has 1 saturated heterocycles. The number of nitrogens with zero attached hydrogens (tertiary/aromatic N) is 2. The molecule has 4 rings (SSSR count). The highest BCUT2D eigenvalue weighted by Gasteiger charge is 2.36. The highest BCUT2D eigenvalue weighted by molar-refractivity contribution is 8.18. The van der Waals surface area contributed by atoms with Crippen LogP contribution in [0.25, 0.3) is 17.4 Å². The predicted octanol–water partition coefficient (Wildman–Crippen LogP) is 5.46. The Morgan fingerprint density at radius 1 is 1.11 bits per heavy atom. The van der Waals surface area contributed by atoms with E-state index in [0.29, 0.717) is 23.0 Å². The average molecular weight is 492 g/mol. The van der Waals surface area contributed by atoms with E-state index in [1.54, 1.807) is 31.2 Å². The minimum atomic E-state index is -0.615. The van der Waals surface area contributed by atoms with Crippen molar-refractivity contribution in [1.29, 1.82) is 0 Å². The van der Waals surface area contributed by atoms with E-state index in [9.17, 15) is 24.5 Å². The third-order valence-electron chi connectivity index (χ3n) is 5.44. The smallest absolute Gasteiger partial charge is 0.294 e. The van der Waals surface area contributed by atoms with Gasteiger partial charge in [0.2, 0.25) is 5.91 Å². The van der Waals surface area contributed by atoms with Crippen molar-refractivity contribution in [3.63, 3.8) is 0 Å². The molecule has 9 nitrogen and oxygen atoms in total. The fourth-order valence-corrected chi connectivity index (χ4v) is 4.49. The van der Waals surface area contributed by atoms with Crippen LogP contribution in [-0.2, 0) is 9.59 Å². The standard InChI is InChI=1S/C25H21N3O6S/c1-14-7-9-18(19(11-14)28(32)33)20-10-8-17(34-20)12-21-24(30)27(25(31)35-21)13-22(29)26-23-15(2)5-4-6-16(23)3/h4-12H,13H2,1-3H3,(H,26,29)/b21-12+. The van der Waals surface area contributed by atoms with Crippen molar-refractivity contribution < 1.29 is 23.7 Å². The van der Waals surface area contributed by atoms with Gasteiger partial charge in [-0.2, -0.15) is 0 Å². The highest BCUT2D eigenvalue weighted by atomic mass is 32.2. The van der Waals surface area contributed by atoms with E-state index in [0.717, 1.165) is 21.6 Å². The van der Waals surface area contributed by atoms with Crippen molar-refractivity contribution >= 4 is 46.3 Å². The van der Waals surface area contributed by atoms with Crippen molar-refractivity contribution in [3.8, 4) is 11.3 Å². The molecule has 3 aromatic rings. The van der Waals surface area contributed by atoms with Crippen LogP contribution in [-0.4, -0.2) is 33.4 Å². The summed E-state index contributed by atoms with van der Waals surface area (Å²) in [6.07, 6.45) is 1.39. The second kappa shape index (κ2) is 9.59. The first-order valence-corrected chi connectivity index (χ1v) is 11.4. The van der Waals surface area contributed by atoms with Crippen LogP contribution in [0.2, 0.25) is 0 Å². The molecule has 0 radical (unpaired) electrons. The summed E-state index contributed by atoms with van der Waals surface area (Å²) in [6, 6.07) is 13.5. The second-order valence-electron chi connectivity index (χ2n) is 8.06. The van der Waals surface area contributed by atoms with E-state index in [-0.39, 0.29) is 22.1 Å². The highest BCUT2D eigenvalue weighted by Crippen LogP contribution is 2.35. The van der Waals surface area contributed by atoms with Gasteiger partial charge in [-0.3, -0.25) is 29.4 Å². The molecule has 1 aliphatic heterocycles. The lowest BCUT2D eigenvalue weighted by atomic mass is 10.1. The number of nitro benzene ring substituents is 1. The number of amides is 3. The number of para-hydroxylation sites is 1. The minimum absolute atomic E-state index is 0.0918. The minimum Gasteiger partial charge on any atom is -0.456 e. The van der Waals surface area contributed by atoms with Crippen LogP contribution in [0, 0.1) is 30.9 Å². The Kier molecular flexibility index (Phi) is 6.57. The number of anilines is 1. The molecule has 0 atom stereocenters. The summed E-state index contributed by atoms with van der Waals surface area (Å²) >= 11 is 0.697. The maximum Gasteiger partial charge on any atom is 0.294 e. The van der Waals surface area contributed by atoms with Crippen LogP contribution >= 0.6 is 11.8 Å². The van der Waals surface area contributed by atoms with Gasteiger partial charge in [0.05, 0.1) is 15.4 Å². The van der Waals surface area contributed by atoms with Crippen molar-refractivity contribution in [2.45, 2.75) is 20.8 Å². The van der Waals surface area contributed by atoms with Gasteiger partial charge in [0.15, 0.2) is 0 Å². The Labute approximate surface area is 204 Å². The molecule has 2 aromatic carbocycles. The van der Waals surface area contributed by atoms with Crippen LogP contribution in [0.15, 0.2) is 57.9 Å². The zero-order chi connectivity index (χ0) is 25.3. The number of imide groups is 1. The number of hydrogen-bond donors (Lipinski definition) is 1. The van der Waals surface area contributed by atoms with Crippen molar-refractivity contribution in [2.24, 2.45) is 0 Å². The van der Waals surface area contributed by atoms with Gasteiger partial charge in [0, 0.05) is 17.8 Å². The first-order chi connectivity index (χ1) is 16.6. The molecule has 0 bridgehead atoms. The van der Waals surface area contributed by atoms with Crippen LogP contribution in [0.5, 0.6) is 0 Å². The van der Waals surface area contributed by atoms with Gasteiger partial charge in [-0.05, 0) is 67.4 Å². The first kappa shape index (κ1) is 24.0. The number of benzene rings is 2. The Balaban J connectivity index is 1.51. The number of aryl methyl sites for hydroxylation is 3. The fourth-order valence-electron chi connectivity index (χ4n) is 3.68. The number of carbonyl (C=O) groups is 3. The lowest BCUT2D eigenvalue weighted by Crippen LogP contribution is -2.36. The maximum atomic E-state index is 12.8. The summed E-state index contributed by atoms with van der Waals surface area (Å²) in [5.74, 6) is -0.593.